The summed E-state index contributed by atoms with van der Waals surface area (Å²) in [4.78, 5) is 0. The molecule has 2 heteroatoms. The third kappa shape index (κ3) is 9.87. The molecule has 0 radical (unpaired) electrons. The van der Waals surface area contributed by atoms with Crippen molar-refractivity contribution in [2.75, 3.05) is 17.6 Å². The molecule has 0 spiro atoms. The van der Waals surface area contributed by atoms with E-state index < -0.39 is 0 Å². The van der Waals surface area contributed by atoms with Crippen molar-refractivity contribution >= 4 is 11.4 Å². The van der Waals surface area contributed by atoms with Crippen molar-refractivity contribution in [3.63, 3.8) is 0 Å². The molecule has 0 aliphatic carbocycles. The van der Waals surface area contributed by atoms with E-state index in [2.05, 4.69) is 42.6 Å². The van der Waals surface area contributed by atoms with Crippen LogP contribution in [0.1, 0.15) is 45.4 Å². The van der Waals surface area contributed by atoms with E-state index in [1.165, 1.54) is 44.2 Å². The zero-order valence-corrected chi connectivity index (χ0v) is 13.8. The highest BCUT2D eigenvalue weighted by Gasteiger charge is 1.91. The number of hydrogen-bond donors (Lipinski definition) is 2. The molecule has 2 rings (SSSR count). The van der Waals surface area contributed by atoms with Gasteiger partial charge in [-0.05, 0) is 30.7 Å². The topological polar surface area (TPSA) is 38.0 Å². The lowest BCUT2D eigenvalue weighted by Gasteiger charge is -2.05. The van der Waals surface area contributed by atoms with Crippen LogP contribution < -0.4 is 11.1 Å². The molecular formula is C20H30N2. The first-order chi connectivity index (χ1) is 10.8. The van der Waals surface area contributed by atoms with Gasteiger partial charge in [0.15, 0.2) is 0 Å². The Morgan fingerprint density at radius 2 is 1.27 bits per heavy atom. The molecule has 2 aromatic rings. The average molecular weight is 298 g/mol. The summed E-state index contributed by atoms with van der Waals surface area (Å²) >= 11 is 0. The van der Waals surface area contributed by atoms with Crippen molar-refractivity contribution < 1.29 is 0 Å². The third-order valence-corrected chi connectivity index (χ3v) is 3.43. The summed E-state index contributed by atoms with van der Waals surface area (Å²) in [6.45, 7) is 3.37. The first-order valence-corrected chi connectivity index (χ1v) is 8.42. The van der Waals surface area contributed by atoms with Crippen LogP contribution in [0.2, 0.25) is 0 Å². The zero-order valence-electron chi connectivity index (χ0n) is 13.8. The highest BCUT2D eigenvalue weighted by molar-refractivity contribution is 5.42. The van der Waals surface area contributed by atoms with Crippen LogP contribution >= 0.6 is 0 Å². The number of rotatable bonds is 8. The Morgan fingerprint density at radius 1 is 0.727 bits per heavy atom. The smallest absolute Gasteiger partial charge is 0.0340 e. The minimum atomic E-state index is 0.822. The van der Waals surface area contributed by atoms with E-state index in [0.717, 1.165) is 12.2 Å². The quantitative estimate of drug-likeness (QED) is 0.482. The van der Waals surface area contributed by atoms with Gasteiger partial charge in [-0.2, -0.15) is 0 Å². The summed E-state index contributed by atoms with van der Waals surface area (Å²) in [5.41, 5.74) is 7.42. The van der Waals surface area contributed by atoms with E-state index in [1.807, 2.05) is 30.3 Å². The number of nitrogens with two attached hydrogens (primary N) is 1. The van der Waals surface area contributed by atoms with Crippen LogP contribution in [0.25, 0.3) is 0 Å². The Morgan fingerprint density at radius 3 is 1.82 bits per heavy atom. The summed E-state index contributed by atoms with van der Waals surface area (Å²) in [5, 5.41) is 3.44. The zero-order chi connectivity index (χ0) is 15.9. The van der Waals surface area contributed by atoms with Crippen molar-refractivity contribution in [2.45, 2.75) is 45.4 Å². The van der Waals surface area contributed by atoms with Gasteiger partial charge < -0.3 is 11.1 Å². The lowest BCUT2D eigenvalue weighted by Crippen LogP contribution is -2.00. The van der Waals surface area contributed by atoms with Crippen molar-refractivity contribution in [1.29, 1.82) is 0 Å². The van der Waals surface area contributed by atoms with Crippen LogP contribution in [0.5, 0.6) is 0 Å². The lowest BCUT2D eigenvalue weighted by atomic mass is 10.1. The van der Waals surface area contributed by atoms with Gasteiger partial charge in [0.05, 0.1) is 0 Å². The number of anilines is 2. The second-order valence-electron chi connectivity index (χ2n) is 5.47. The first kappa shape index (κ1) is 18.1. The molecule has 0 fully saturated rings. The van der Waals surface area contributed by atoms with E-state index in [1.54, 1.807) is 0 Å². The highest BCUT2D eigenvalue weighted by atomic mass is 14.9. The van der Waals surface area contributed by atoms with Gasteiger partial charge in [-0.25, -0.2) is 0 Å². The van der Waals surface area contributed by atoms with Gasteiger partial charge in [0.1, 0.15) is 0 Å². The molecule has 0 saturated heterocycles. The highest BCUT2D eigenvalue weighted by Crippen LogP contribution is 2.07. The first-order valence-electron chi connectivity index (χ1n) is 8.42. The van der Waals surface area contributed by atoms with Crippen molar-refractivity contribution in [3.8, 4) is 0 Å². The molecule has 0 saturated carbocycles. The fourth-order valence-electron chi connectivity index (χ4n) is 2.15. The van der Waals surface area contributed by atoms with E-state index in [-0.39, 0.29) is 0 Å². The second kappa shape index (κ2) is 12.8. The molecule has 0 bridgehead atoms. The van der Waals surface area contributed by atoms with Gasteiger partial charge >= 0.3 is 0 Å². The van der Waals surface area contributed by atoms with Crippen molar-refractivity contribution in [2.24, 2.45) is 0 Å². The Kier molecular flexibility index (Phi) is 10.5. The van der Waals surface area contributed by atoms with Crippen LogP contribution in [0.4, 0.5) is 11.4 Å². The Hall–Kier alpha value is -1.96. The van der Waals surface area contributed by atoms with Crippen molar-refractivity contribution in [1.82, 2.24) is 0 Å². The van der Waals surface area contributed by atoms with E-state index in [9.17, 15) is 0 Å². The van der Waals surface area contributed by atoms with Crippen LogP contribution in [0.3, 0.4) is 0 Å². The Labute approximate surface area is 135 Å². The van der Waals surface area contributed by atoms with Gasteiger partial charge in [0.2, 0.25) is 0 Å². The largest absolute Gasteiger partial charge is 0.399 e. The number of nitrogens with one attached hydrogen (secondary N) is 1. The van der Waals surface area contributed by atoms with E-state index >= 15 is 0 Å². The number of benzene rings is 2. The fraction of sp³-hybridized carbons (Fsp3) is 0.400. The summed E-state index contributed by atoms with van der Waals surface area (Å²) in [5.74, 6) is 0. The van der Waals surface area contributed by atoms with E-state index in [4.69, 9.17) is 5.73 Å². The molecule has 0 heterocycles. The molecular weight excluding hydrogens is 268 g/mol. The molecule has 0 aliphatic rings. The third-order valence-electron chi connectivity index (χ3n) is 3.43. The van der Waals surface area contributed by atoms with Gasteiger partial charge in [0.25, 0.3) is 0 Å². The maximum Gasteiger partial charge on any atom is 0.0340 e. The van der Waals surface area contributed by atoms with Crippen LogP contribution in [0.15, 0.2) is 60.7 Å². The van der Waals surface area contributed by atoms with Gasteiger partial charge in [0, 0.05) is 17.9 Å². The summed E-state index contributed by atoms with van der Waals surface area (Å²) in [6, 6.07) is 19.9. The second-order valence-corrected chi connectivity index (χ2v) is 5.47. The molecule has 0 atom stereocenters. The summed E-state index contributed by atoms with van der Waals surface area (Å²) in [7, 11) is 0. The molecule has 0 aliphatic heterocycles. The lowest BCUT2D eigenvalue weighted by molar-refractivity contribution is 0.617. The predicted octanol–water partition coefficient (Wildman–Crippen LogP) is 5.73. The van der Waals surface area contributed by atoms with Gasteiger partial charge in [-0.3, -0.25) is 0 Å². The number of nitrogen functional groups attached to an aromatic ring is 1. The van der Waals surface area contributed by atoms with Gasteiger partial charge in [-0.15, -0.1) is 0 Å². The van der Waals surface area contributed by atoms with E-state index in [0.29, 0.717) is 0 Å². The molecule has 2 aromatic carbocycles. The monoisotopic (exact) mass is 298 g/mol. The van der Waals surface area contributed by atoms with Crippen LogP contribution in [-0.4, -0.2) is 6.54 Å². The molecule has 0 unspecified atom stereocenters. The number of para-hydroxylation sites is 2. The van der Waals surface area contributed by atoms with Crippen LogP contribution in [-0.2, 0) is 0 Å². The minimum Gasteiger partial charge on any atom is -0.399 e. The minimum absolute atomic E-state index is 0.822. The predicted molar refractivity (Wildman–Crippen MR) is 99.2 cm³/mol. The molecule has 0 amide bonds. The number of hydrogen-bond acceptors (Lipinski definition) is 2. The molecule has 2 nitrogen and oxygen atoms in total. The summed E-state index contributed by atoms with van der Waals surface area (Å²) < 4.78 is 0. The molecule has 3 N–H and O–H groups in total. The SMILES string of the molecule is CCCCCCCCNc1ccccc1.Nc1ccccc1. The standard InChI is InChI=1S/C14H23N.C6H7N/c1-2-3-4-5-6-10-13-15-14-11-8-7-9-12-14;7-6-4-2-1-3-5-6/h7-9,11-12,15H,2-6,10,13H2,1H3;1-5H,7H2. The average Bonchev–Trinajstić information content (AvgIpc) is 2.56. The summed E-state index contributed by atoms with van der Waals surface area (Å²) in [6.07, 6.45) is 8.18. The molecule has 22 heavy (non-hydrogen) atoms. The Bertz CT molecular complexity index is 454. The normalized spacial score (nSPS) is 9.68. The molecule has 0 aromatic heterocycles. The fourth-order valence-corrected chi connectivity index (χ4v) is 2.15. The maximum atomic E-state index is 5.36. The van der Waals surface area contributed by atoms with Crippen LogP contribution in [0, 0.1) is 0 Å². The van der Waals surface area contributed by atoms with Crippen molar-refractivity contribution in [3.05, 3.63) is 60.7 Å². The Balaban J connectivity index is 0.000000287. The molecule has 120 valence electrons. The van der Waals surface area contributed by atoms with Gasteiger partial charge in [-0.1, -0.05) is 75.4 Å². The number of unbranched alkanes of at least 4 members (excludes halogenated alkanes) is 5. The maximum absolute atomic E-state index is 5.36.